The molecular weight excluding hydrogens is 1520 g/mol. The molecule has 2 fully saturated rings. The highest BCUT2D eigenvalue weighted by atomic mass is 33.1. The van der Waals surface area contributed by atoms with Gasteiger partial charge in [-0.2, -0.15) is 0 Å². The summed E-state index contributed by atoms with van der Waals surface area (Å²) < 4.78 is 48.4. The maximum absolute atomic E-state index is 13.2. The quantitative estimate of drug-likeness (QED) is 0.0144. The Bertz CT molecular complexity index is 3730. The van der Waals surface area contributed by atoms with Gasteiger partial charge in [0.15, 0.2) is 6.29 Å². The number of hydrogen-bond donors (Lipinski definition) is 1. The fourth-order valence-corrected chi connectivity index (χ4v) is 20.0. The summed E-state index contributed by atoms with van der Waals surface area (Å²) in [5.74, 6) is 9.38. The molecule has 118 heavy (non-hydrogen) atoms. The van der Waals surface area contributed by atoms with Crippen molar-refractivity contribution in [1.82, 2.24) is 9.80 Å². The molecule has 18 heteroatoms. The molecule has 8 rings (SSSR count). The van der Waals surface area contributed by atoms with Crippen molar-refractivity contribution < 1.29 is 67.0 Å². The molecule has 4 aromatic rings. The van der Waals surface area contributed by atoms with Gasteiger partial charge in [-0.05, 0) is 288 Å². The highest BCUT2D eigenvalue weighted by Crippen LogP contribution is 2.48. The van der Waals surface area contributed by atoms with Crippen molar-refractivity contribution in [3.05, 3.63) is 104 Å². The Labute approximate surface area is 720 Å². The van der Waals surface area contributed by atoms with E-state index < -0.39 is 30.2 Å². The number of hydrogen-bond acceptors (Lipinski definition) is 18. The molecule has 0 aromatic heterocycles. The maximum atomic E-state index is 13.2. The van der Waals surface area contributed by atoms with E-state index in [0.29, 0.717) is 60.4 Å². The van der Waals surface area contributed by atoms with Crippen LogP contribution >= 0.6 is 21.6 Å². The van der Waals surface area contributed by atoms with E-state index in [1.54, 1.807) is 36.4 Å². The average Bonchev–Trinajstić information content (AvgIpc) is 0.763. The minimum Gasteiger partial charge on any atom is -0.487 e. The number of esters is 5. The van der Waals surface area contributed by atoms with E-state index in [2.05, 4.69) is 86.0 Å². The fourth-order valence-electron chi connectivity index (χ4n) is 17.9. The van der Waals surface area contributed by atoms with Crippen LogP contribution in [0.2, 0.25) is 0 Å². The third-order valence-corrected chi connectivity index (χ3v) is 28.7. The van der Waals surface area contributed by atoms with Gasteiger partial charge in [0, 0.05) is 42.1 Å². The molecule has 0 saturated carbocycles. The summed E-state index contributed by atoms with van der Waals surface area (Å²) in [6.07, 6.45) is 31.6. The van der Waals surface area contributed by atoms with Crippen molar-refractivity contribution in [3.63, 3.8) is 0 Å². The average molecular weight is 1670 g/mol. The third-order valence-electron chi connectivity index (χ3n) is 26.3. The first-order valence-corrected chi connectivity index (χ1v) is 48.7. The van der Waals surface area contributed by atoms with E-state index in [0.717, 1.165) is 237 Å². The smallest absolute Gasteiger partial charge is 0.311 e. The molecule has 4 aromatic carbocycles. The van der Waals surface area contributed by atoms with Gasteiger partial charge in [-0.25, -0.2) is 0 Å². The van der Waals surface area contributed by atoms with Crippen molar-refractivity contribution in [1.29, 1.82) is 0 Å². The lowest BCUT2D eigenvalue weighted by Crippen LogP contribution is -2.37. The molecule has 0 amide bonds. The molecule has 1 N–H and O–H groups in total. The molecule has 0 bridgehead atoms. The number of likely N-dealkylation sites (tertiary alicyclic amines) is 2. The molecule has 4 aliphatic rings. The van der Waals surface area contributed by atoms with E-state index in [4.69, 9.17) is 37.9 Å². The van der Waals surface area contributed by atoms with Crippen LogP contribution in [0.4, 0.5) is 0 Å². The van der Waals surface area contributed by atoms with Crippen molar-refractivity contribution in [2.24, 2.45) is 47.3 Å². The topological polar surface area (TPSA) is 186 Å². The Morgan fingerprint density at radius 1 is 0.449 bits per heavy atom. The molecule has 0 aliphatic carbocycles. The predicted octanol–water partition coefficient (Wildman–Crippen LogP) is 23.4. The summed E-state index contributed by atoms with van der Waals surface area (Å²) in [5, 5.41) is 10.8. The van der Waals surface area contributed by atoms with Gasteiger partial charge in [-0.1, -0.05) is 191 Å². The van der Waals surface area contributed by atoms with Crippen LogP contribution in [0.15, 0.2) is 48.5 Å². The van der Waals surface area contributed by atoms with Crippen molar-refractivity contribution in [3.8, 4) is 34.5 Å². The molecular formula is C100H154N2O14S2. The third kappa shape index (κ3) is 33.9. The van der Waals surface area contributed by atoms with E-state index in [9.17, 15) is 29.1 Å². The van der Waals surface area contributed by atoms with Gasteiger partial charge in [0.2, 0.25) is 0 Å². The Kier molecular flexibility index (Phi) is 41.6. The van der Waals surface area contributed by atoms with Crippen molar-refractivity contribution in [2.45, 2.75) is 347 Å². The van der Waals surface area contributed by atoms with Crippen LogP contribution in [-0.2, 0) is 59.1 Å². The number of aliphatic hydroxyl groups is 1. The molecule has 4 heterocycles. The molecule has 660 valence electrons. The van der Waals surface area contributed by atoms with Gasteiger partial charge in [0.25, 0.3) is 0 Å². The van der Waals surface area contributed by atoms with E-state index >= 15 is 0 Å². The fraction of sp³-hybridized carbons (Fsp3) is 0.710. The molecule has 16 nitrogen and oxygen atoms in total. The van der Waals surface area contributed by atoms with E-state index in [-0.39, 0.29) is 49.3 Å². The van der Waals surface area contributed by atoms with Gasteiger partial charge >= 0.3 is 29.8 Å². The first-order chi connectivity index (χ1) is 56.4. The Balaban J connectivity index is 0.593. The summed E-state index contributed by atoms with van der Waals surface area (Å²) in [5.41, 5.74) is 8.97. The molecule has 0 radical (unpaired) electrons. The van der Waals surface area contributed by atoms with Crippen molar-refractivity contribution in [2.75, 3.05) is 64.0 Å². The first kappa shape index (κ1) is 97.8. The number of fused-ring (bicyclic) bond motifs is 2. The zero-order valence-electron chi connectivity index (χ0n) is 75.9. The summed E-state index contributed by atoms with van der Waals surface area (Å²) in [4.78, 5) is 70.3. The Hall–Kier alpha value is -5.63. The maximum Gasteiger partial charge on any atom is 0.311 e. The predicted molar refractivity (Wildman–Crippen MR) is 482 cm³/mol. The van der Waals surface area contributed by atoms with Gasteiger partial charge in [-0.15, -0.1) is 0 Å². The molecule has 2 saturated heterocycles. The second-order valence-electron chi connectivity index (χ2n) is 37.7. The second kappa shape index (κ2) is 50.2. The Morgan fingerprint density at radius 3 is 1.19 bits per heavy atom. The van der Waals surface area contributed by atoms with Crippen LogP contribution < -0.4 is 28.4 Å². The number of benzene rings is 4. The van der Waals surface area contributed by atoms with E-state index in [1.165, 1.54) is 89.9 Å². The second-order valence-corrected chi connectivity index (χ2v) is 40.4. The highest BCUT2D eigenvalue weighted by Gasteiger charge is 2.38. The Morgan fingerprint density at radius 2 is 0.805 bits per heavy atom. The first-order valence-electron chi connectivity index (χ1n) is 46.2. The van der Waals surface area contributed by atoms with Crippen LogP contribution in [0, 0.1) is 88.9 Å². The van der Waals surface area contributed by atoms with Crippen LogP contribution in [0.25, 0.3) is 0 Å². The van der Waals surface area contributed by atoms with Gasteiger partial charge in [-0.3, -0.25) is 24.0 Å². The number of piperidine rings is 2. The lowest BCUT2D eigenvalue weighted by atomic mass is 9.83. The number of ether oxygens (including phenoxy) is 8. The molecule has 0 spiro atoms. The highest BCUT2D eigenvalue weighted by molar-refractivity contribution is 8.76. The minimum atomic E-state index is -0.936. The van der Waals surface area contributed by atoms with Gasteiger partial charge < -0.3 is 52.8 Å². The number of carbonyl (C=O) groups is 5. The zero-order chi connectivity index (χ0) is 85.3. The van der Waals surface area contributed by atoms with Crippen LogP contribution in [0.3, 0.4) is 0 Å². The monoisotopic (exact) mass is 1670 g/mol. The normalized spacial score (nSPS) is 18.7. The van der Waals surface area contributed by atoms with Crippen LogP contribution in [0.1, 0.15) is 317 Å². The zero-order valence-corrected chi connectivity index (χ0v) is 77.5. The summed E-state index contributed by atoms with van der Waals surface area (Å²) in [6.45, 7) is 42.9. The number of rotatable bonds is 52. The molecule has 7 atom stereocenters. The largest absolute Gasteiger partial charge is 0.487 e. The number of nitrogens with zero attached hydrogens (tertiary/aromatic N) is 2. The molecule has 7 unspecified atom stereocenters. The summed E-state index contributed by atoms with van der Waals surface area (Å²) >= 11 is 0. The molecule has 4 aliphatic heterocycles. The van der Waals surface area contributed by atoms with Crippen LogP contribution in [-0.4, -0.2) is 126 Å². The minimum absolute atomic E-state index is 0.109. The van der Waals surface area contributed by atoms with Gasteiger partial charge in [0.1, 0.15) is 45.7 Å². The standard InChI is InChI=1S/C100H154N2O14S2/c1-69(2)23-17-25-71(5)27-19-29-73(7)31-21-53-99(15)55-45-87-79(13)95(75(9)77(11)97(87)115-99)113-91(105)43-41-89(103)111-85-37-33-83(34-38-85)67-93(107)109-63-51-81-47-57-101(58-48-81)61-65-117-118-66-62-102-59-49-82(50-60-102)52-64-110-94(108)68-84-35-39-86(40-36-84)112-90(104)42-44-92(106)114-96-76(10)78(12)98-88(80(96)14)46-56-100(16,116-98)54-22-32-74(8)30-20-28-72(6)26-18-24-70(3)4/h33-40,69-74,81-82,93,107H,17-32,41-68H2,1-16H3. The van der Waals surface area contributed by atoms with Crippen LogP contribution in [0.5, 0.6) is 34.5 Å². The van der Waals surface area contributed by atoms with Crippen molar-refractivity contribution >= 4 is 51.4 Å². The number of carbonyl (C=O) groups excluding carboxylic acids is 5. The summed E-state index contributed by atoms with van der Waals surface area (Å²) in [6, 6.07) is 13.9. The lowest BCUT2D eigenvalue weighted by Gasteiger charge is -2.38. The van der Waals surface area contributed by atoms with Gasteiger partial charge in [0.05, 0.1) is 45.3 Å². The lowest BCUT2D eigenvalue weighted by molar-refractivity contribution is -0.143. The number of aliphatic hydroxyl groups excluding tert-OH is 1. The van der Waals surface area contributed by atoms with E-state index in [1.807, 2.05) is 68.3 Å². The SMILES string of the molecule is Cc1c(C)c2c(c(C)c1OC(=O)CCC(=O)Oc1ccc(CC(=O)OCCC3CCN(CCSSCCN4CCC(CCOC(O)Cc5ccc(OC(=O)CCC(=O)Oc6c(C)c(C)c7c(c6C)CCC(C)(CCCC(C)CCCC(C)CCCC(C)C)O7)cc5)CC4)CC3)cc1)CCC(C)(CCCC(C)CCCC(C)CCCC(C)C)O2. The summed E-state index contributed by atoms with van der Waals surface area (Å²) in [7, 11) is 3.94.